The molecule has 46 heavy (non-hydrogen) atoms. The average molecular weight is 662 g/mol. The van der Waals surface area contributed by atoms with Crippen LogP contribution in [-0.4, -0.2) is 140 Å². The lowest BCUT2D eigenvalue weighted by atomic mass is 9.74. The molecule has 2 fully saturated rings. The summed E-state index contributed by atoms with van der Waals surface area (Å²) in [5, 5.41) is 73.7. The summed E-state index contributed by atoms with van der Waals surface area (Å²) in [7, 11) is 1.29. The first-order chi connectivity index (χ1) is 21.3. The molecule has 0 spiro atoms. The Hall–Kier alpha value is -3.03. The zero-order valence-electron chi connectivity index (χ0n) is 26.4. The van der Waals surface area contributed by atoms with Gasteiger partial charge in [-0.25, -0.2) is 4.79 Å². The lowest BCUT2D eigenvalue weighted by Crippen LogP contribution is -2.69. The molecule has 0 amide bonds. The van der Waals surface area contributed by atoms with Crippen LogP contribution in [0.4, 0.5) is 0 Å². The topological polar surface area (TPSA) is 269 Å². The van der Waals surface area contributed by atoms with Gasteiger partial charge in [0.2, 0.25) is 0 Å². The number of nitrogens with one attached hydrogen (secondary N) is 1. The van der Waals surface area contributed by atoms with Gasteiger partial charge in [0.1, 0.15) is 60.3 Å². The predicted molar refractivity (Wildman–Crippen MR) is 151 cm³/mol. The van der Waals surface area contributed by atoms with Crippen molar-refractivity contribution >= 4 is 29.4 Å². The van der Waals surface area contributed by atoms with Crippen LogP contribution in [0.1, 0.15) is 53.9 Å². The van der Waals surface area contributed by atoms with Crippen molar-refractivity contribution in [2.24, 2.45) is 5.92 Å². The largest absolute Gasteiger partial charge is 0.508 e. The normalized spacial score (nSPS) is 38.2. The number of carbonyl (C=O) groups is 4. The summed E-state index contributed by atoms with van der Waals surface area (Å²) in [6.07, 6.45) is -14.8. The maximum absolute atomic E-state index is 12.6. The number of esters is 2. The van der Waals surface area contributed by atoms with Gasteiger partial charge in [-0.05, 0) is 20.3 Å². The molecular formula is C29H43NO16. The summed E-state index contributed by atoms with van der Waals surface area (Å²) in [5.41, 5.74) is -7.10. The Bertz CT molecular complexity index is 1240. The Balaban J connectivity index is 1.95. The monoisotopic (exact) mass is 661 g/mol. The van der Waals surface area contributed by atoms with Crippen LogP contribution in [0.2, 0.25) is 0 Å². The van der Waals surface area contributed by atoms with E-state index in [1.165, 1.54) is 21.0 Å². The van der Waals surface area contributed by atoms with Crippen LogP contribution in [0, 0.1) is 11.3 Å². The highest BCUT2D eigenvalue weighted by molar-refractivity contribution is 6.51. The maximum Gasteiger partial charge on any atom is 0.341 e. The average Bonchev–Trinajstić information content (AvgIpc) is 2.98. The Kier molecular flexibility index (Phi) is 11.7. The molecule has 0 aromatic heterocycles. The molecule has 2 heterocycles. The first-order valence-corrected chi connectivity index (χ1v) is 14.8. The maximum atomic E-state index is 12.6. The predicted octanol–water partition coefficient (Wildman–Crippen LogP) is -1.10. The van der Waals surface area contributed by atoms with Crippen LogP contribution in [0.5, 0.6) is 0 Å². The highest BCUT2D eigenvalue weighted by Crippen LogP contribution is 2.41. The summed E-state index contributed by atoms with van der Waals surface area (Å²) < 4.78 is 33.4. The van der Waals surface area contributed by atoms with E-state index in [9.17, 15) is 49.8 Å². The summed E-state index contributed by atoms with van der Waals surface area (Å²) in [5.74, 6) is -6.21. The van der Waals surface area contributed by atoms with Crippen molar-refractivity contribution in [2.45, 2.75) is 120 Å². The van der Waals surface area contributed by atoms with Crippen LogP contribution in [-0.2, 0) is 47.6 Å². The Morgan fingerprint density at radius 2 is 1.76 bits per heavy atom. The minimum atomic E-state index is -2.92. The van der Waals surface area contributed by atoms with Gasteiger partial charge in [0.05, 0.1) is 24.5 Å². The molecule has 0 aromatic carbocycles. The molecule has 1 aliphatic carbocycles. The molecule has 0 saturated carbocycles. The molecule has 3 aliphatic rings. The molecule has 260 valence electrons. The quantitative estimate of drug-likeness (QED) is 0.130. The number of carboxylic acid groups (broad SMARTS) is 1. The van der Waals surface area contributed by atoms with Gasteiger partial charge in [0, 0.05) is 20.5 Å². The van der Waals surface area contributed by atoms with Crippen molar-refractivity contribution in [2.75, 3.05) is 13.7 Å². The molecule has 7 N–H and O–H groups in total. The van der Waals surface area contributed by atoms with Gasteiger partial charge >= 0.3 is 17.9 Å². The molecule has 0 bridgehead atoms. The smallest absolute Gasteiger partial charge is 0.341 e. The number of aliphatic hydroxyl groups is 5. The fourth-order valence-electron chi connectivity index (χ4n) is 5.87. The van der Waals surface area contributed by atoms with E-state index >= 15 is 0 Å². The van der Waals surface area contributed by atoms with E-state index in [0.717, 1.165) is 6.92 Å². The molecular weight excluding hydrogens is 618 g/mol. The van der Waals surface area contributed by atoms with Gasteiger partial charge in [-0.2, -0.15) is 0 Å². The van der Waals surface area contributed by atoms with Gasteiger partial charge in [-0.3, -0.25) is 19.8 Å². The Morgan fingerprint density at radius 1 is 1.13 bits per heavy atom. The number of methoxy groups -OCH3 is 1. The van der Waals surface area contributed by atoms with Gasteiger partial charge < -0.3 is 59.1 Å². The van der Waals surface area contributed by atoms with Gasteiger partial charge in [0.25, 0.3) is 0 Å². The Labute approximate surface area is 264 Å². The number of aliphatic hydroxyl groups excluding tert-OH is 3. The van der Waals surface area contributed by atoms with E-state index in [1.54, 1.807) is 13.8 Å². The van der Waals surface area contributed by atoms with Crippen LogP contribution >= 0.6 is 0 Å². The number of carboxylic acids is 1. The molecule has 0 unspecified atom stereocenters. The standard InChI is InChI=1S/C29H43NO16/c1-7-11(2)27(38)44-13(4)29(40)12(3)43-18(8-17(29)41-6)46-23-21(33)16(10-42-14(5)31)45-25(22(23)34)28(39)9-15(32)20(30)19(24(28)35)26(36)37/h11-13,16-18,21-23,25,30,33-35,39-40H,7-10H2,1-6H3,(H,36,37)/t11-,12+,13+,16+,17+,18+,21+,22+,23+,25+,28-,29+/m1/s1. The molecule has 17 heteroatoms. The summed E-state index contributed by atoms with van der Waals surface area (Å²) in [6.45, 7) is 6.81. The van der Waals surface area contributed by atoms with E-state index < -0.39 is 126 Å². The van der Waals surface area contributed by atoms with Crippen molar-refractivity contribution in [3.05, 3.63) is 11.3 Å². The van der Waals surface area contributed by atoms with Crippen LogP contribution in [0.25, 0.3) is 0 Å². The third kappa shape index (κ3) is 6.96. The lowest BCUT2D eigenvalue weighted by molar-refractivity contribution is -0.344. The van der Waals surface area contributed by atoms with Crippen LogP contribution in [0.3, 0.4) is 0 Å². The highest BCUT2D eigenvalue weighted by Gasteiger charge is 2.61. The number of rotatable bonds is 11. The van der Waals surface area contributed by atoms with E-state index in [-0.39, 0.29) is 6.42 Å². The van der Waals surface area contributed by atoms with Crippen molar-refractivity contribution in [3.8, 4) is 0 Å². The molecule has 0 radical (unpaired) electrons. The Morgan fingerprint density at radius 3 is 2.30 bits per heavy atom. The number of carbonyl (C=O) groups excluding carboxylic acids is 3. The van der Waals surface area contributed by atoms with Gasteiger partial charge in [-0.15, -0.1) is 0 Å². The fraction of sp³-hybridized carbons (Fsp3) is 0.759. The van der Waals surface area contributed by atoms with Crippen molar-refractivity contribution in [3.63, 3.8) is 0 Å². The molecule has 3 rings (SSSR count). The number of aliphatic carboxylic acids is 1. The third-order valence-electron chi connectivity index (χ3n) is 8.91. The minimum absolute atomic E-state index is 0.243. The second-order valence-corrected chi connectivity index (χ2v) is 11.9. The van der Waals surface area contributed by atoms with Crippen molar-refractivity contribution < 1.29 is 78.2 Å². The summed E-state index contributed by atoms with van der Waals surface area (Å²) in [4.78, 5) is 48.3. The molecule has 0 aromatic rings. The zero-order valence-corrected chi connectivity index (χ0v) is 26.4. The highest BCUT2D eigenvalue weighted by atomic mass is 16.7. The minimum Gasteiger partial charge on any atom is -0.508 e. The number of Topliss-reactive ketones (excluding diaryl/α,β-unsaturated/α-hetero) is 1. The third-order valence-corrected chi connectivity index (χ3v) is 8.91. The second kappa shape index (κ2) is 14.4. The van der Waals surface area contributed by atoms with Gasteiger partial charge in [0.15, 0.2) is 23.3 Å². The molecule has 2 saturated heterocycles. The second-order valence-electron chi connectivity index (χ2n) is 11.9. The van der Waals surface area contributed by atoms with E-state index in [1.807, 2.05) is 0 Å². The first-order valence-electron chi connectivity index (χ1n) is 14.8. The van der Waals surface area contributed by atoms with E-state index in [2.05, 4.69) is 0 Å². The first kappa shape index (κ1) is 37.4. The van der Waals surface area contributed by atoms with Crippen LogP contribution < -0.4 is 0 Å². The zero-order chi connectivity index (χ0) is 34.9. The fourth-order valence-corrected chi connectivity index (χ4v) is 5.87. The van der Waals surface area contributed by atoms with Gasteiger partial charge in [-0.1, -0.05) is 13.8 Å². The lowest BCUT2D eigenvalue weighted by Gasteiger charge is -2.51. The van der Waals surface area contributed by atoms with Crippen molar-refractivity contribution in [1.29, 1.82) is 5.41 Å². The SMILES string of the molecule is CC[C@@H](C)C(=O)O[C@@H](C)[C@@]1(O)[C@H](C)O[C@@H](O[C@H]2[C@@H](O)[C@H](COC(C)=O)O[C@H]([C@@]3(O)CC(=O)C(=N)C(C(=O)O)=C3O)[C@H]2O)C[C@@H]1OC. The molecule has 2 aliphatic heterocycles. The van der Waals surface area contributed by atoms with E-state index in [0.29, 0.717) is 6.42 Å². The summed E-state index contributed by atoms with van der Waals surface area (Å²) >= 11 is 0. The molecule has 12 atom stereocenters. The number of hydrogen-bond acceptors (Lipinski definition) is 16. The number of hydrogen-bond donors (Lipinski definition) is 7. The number of ether oxygens (including phenoxy) is 6. The molecule has 17 nitrogen and oxygen atoms in total. The number of ketones is 1. The van der Waals surface area contributed by atoms with E-state index in [4.69, 9.17) is 33.8 Å². The van der Waals surface area contributed by atoms with Crippen LogP contribution in [0.15, 0.2) is 11.3 Å². The summed E-state index contributed by atoms with van der Waals surface area (Å²) in [6, 6.07) is 0. The van der Waals surface area contributed by atoms with Crippen molar-refractivity contribution in [1.82, 2.24) is 0 Å².